The largest absolute Gasteiger partial charge is 0.478 e. The van der Waals surface area contributed by atoms with Crippen LogP contribution >= 0.6 is 0 Å². The number of benzene rings is 2. The fraction of sp³-hybridized carbons (Fsp3) is 0.133. The van der Waals surface area contributed by atoms with Gasteiger partial charge in [0.15, 0.2) is 0 Å². The summed E-state index contributed by atoms with van der Waals surface area (Å²) >= 11 is 0. The van der Waals surface area contributed by atoms with Crippen LogP contribution in [0.2, 0.25) is 0 Å². The fourth-order valence-electron chi connectivity index (χ4n) is 1.81. The predicted molar refractivity (Wildman–Crippen MR) is 73.8 cm³/mol. The van der Waals surface area contributed by atoms with Gasteiger partial charge in [-0.05, 0) is 43.2 Å². The van der Waals surface area contributed by atoms with Crippen molar-refractivity contribution < 1.29 is 19.0 Å². The highest BCUT2D eigenvalue weighted by Crippen LogP contribution is 2.30. The van der Waals surface area contributed by atoms with E-state index in [4.69, 9.17) is 15.6 Å². The number of anilines is 1. The number of carboxylic acid groups (broad SMARTS) is 1. The van der Waals surface area contributed by atoms with E-state index >= 15 is 0 Å². The zero-order chi connectivity index (χ0) is 14.9. The van der Waals surface area contributed by atoms with Crippen LogP contribution in [0.15, 0.2) is 30.3 Å². The third kappa shape index (κ3) is 2.71. The highest BCUT2D eigenvalue weighted by atomic mass is 19.1. The Morgan fingerprint density at radius 2 is 1.90 bits per heavy atom. The van der Waals surface area contributed by atoms with Crippen LogP contribution < -0.4 is 10.5 Å². The number of rotatable bonds is 3. The van der Waals surface area contributed by atoms with Crippen molar-refractivity contribution in [1.29, 1.82) is 0 Å². The maximum atomic E-state index is 13.2. The summed E-state index contributed by atoms with van der Waals surface area (Å²) in [5, 5.41) is 9.08. The first-order valence-electron chi connectivity index (χ1n) is 5.96. The number of halogens is 1. The molecule has 3 N–H and O–H groups in total. The molecule has 0 bridgehead atoms. The van der Waals surface area contributed by atoms with Crippen molar-refractivity contribution in [2.45, 2.75) is 13.8 Å². The zero-order valence-corrected chi connectivity index (χ0v) is 11.1. The number of ether oxygens (including phenoxy) is 1. The van der Waals surface area contributed by atoms with Crippen molar-refractivity contribution in [2.24, 2.45) is 0 Å². The van der Waals surface area contributed by atoms with Crippen LogP contribution in [0.4, 0.5) is 10.1 Å². The van der Waals surface area contributed by atoms with Gasteiger partial charge >= 0.3 is 5.97 Å². The SMILES string of the molecule is Cc1ccc(F)cc1Oc1cc(C)c(N)c(C(=O)O)c1. The molecule has 20 heavy (non-hydrogen) atoms. The topological polar surface area (TPSA) is 72.5 Å². The number of aryl methyl sites for hydroxylation is 2. The second-order valence-corrected chi connectivity index (χ2v) is 4.52. The molecule has 0 aromatic heterocycles. The second-order valence-electron chi connectivity index (χ2n) is 4.52. The molecule has 0 atom stereocenters. The lowest BCUT2D eigenvalue weighted by molar-refractivity contribution is 0.0697. The van der Waals surface area contributed by atoms with Crippen LogP contribution in [-0.2, 0) is 0 Å². The molecule has 5 heteroatoms. The van der Waals surface area contributed by atoms with Crippen molar-refractivity contribution in [3.8, 4) is 11.5 Å². The molecular formula is C15H14FNO3. The smallest absolute Gasteiger partial charge is 0.337 e. The van der Waals surface area contributed by atoms with E-state index in [1.54, 1.807) is 26.0 Å². The van der Waals surface area contributed by atoms with Crippen molar-refractivity contribution in [3.05, 3.63) is 52.8 Å². The van der Waals surface area contributed by atoms with Crippen molar-refractivity contribution >= 4 is 11.7 Å². The fourth-order valence-corrected chi connectivity index (χ4v) is 1.81. The van der Waals surface area contributed by atoms with Crippen molar-refractivity contribution in [1.82, 2.24) is 0 Å². The van der Waals surface area contributed by atoms with E-state index < -0.39 is 11.8 Å². The lowest BCUT2D eigenvalue weighted by atomic mass is 10.1. The van der Waals surface area contributed by atoms with E-state index in [1.807, 2.05) is 0 Å². The Bertz CT molecular complexity index is 683. The normalized spacial score (nSPS) is 10.3. The summed E-state index contributed by atoms with van der Waals surface area (Å²) in [7, 11) is 0. The zero-order valence-electron chi connectivity index (χ0n) is 11.1. The molecule has 2 aromatic carbocycles. The Balaban J connectivity index is 2.44. The lowest BCUT2D eigenvalue weighted by Gasteiger charge is -2.12. The molecule has 0 saturated heterocycles. The molecule has 0 aliphatic carbocycles. The molecule has 0 fully saturated rings. The Morgan fingerprint density at radius 1 is 1.20 bits per heavy atom. The number of nitrogens with two attached hydrogens (primary N) is 1. The van der Waals surface area contributed by atoms with Crippen LogP contribution in [-0.4, -0.2) is 11.1 Å². The molecule has 104 valence electrons. The molecule has 0 amide bonds. The van der Waals surface area contributed by atoms with Crippen LogP contribution in [0.5, 0.6) is 11.5 Å². The Kier molecular flexibility index (Phi) is 3.61. The number of carboxylic acids is 1. The maximum Gasteiger partial charge on any atom is 0.337 e. The first kappa shape index (κ1) is 13.9. The highest BCUT2D eigenvalue weighted by molar-refractivity contribution is 5.95. The van der Waals surface area contributed by atoms with E-state index in [1.165, 1.54) is 18.2 Å². The Morgan fingerprint density at radius 3 is 2.55 bits per heavy atom. The lowest BCUT2D eigenvalue weighted by Crippen LogP contribution is -2.04. The summed E-state index contributed by atoms with van der Waals surface area (Å²) in [5.41, 5.74) is 7.20. The van der Waals surface area contributed by atoms with Gasteiger partial charge in [0.25, 0.3) is 0 Å². The summed E-state index contributed by atoms with van der Waals surface area (Å²) < 4.78 is 18.8. The Hall–Kier alpha value is -2.56. The summed E-state index contributed by atoms with van der Waals surface area (Å²) in [6.45, 7) is 3.46. The minimum absolute atomic E-state index is 0.0333. The molecule has 0 aliphatic heterocycles. The van der Waals surface area contributed by atoms with Gasteiger partial charge in [0.1, 0.15) is 17.3 Å². The number of hydrogen-bond donors (Lipinski definition) is 2. The molecule has 0 heterocycles. The predicted octanol–water partition coefficient (Wildman–Crippen LogP) is 3.52. The van der Waals surface area contributed by atoms with Gasteiger partial charge < -0.3 is 15.6 Å². The molecule has 0 saturated carbocycles. The summed E-state index contributed by atoms with van der Waals surface area (Å²) in [6, 6.07) is 7.12. The minimum atomic E-state index is -1.13. The van der Waals surface area contributed by atoms with Gasteiger partial charge in [-0.3, -0.25) is 0 Å². The van der Waals surface area contributed by atoms with Crippen LogP contribution in [0.25, 0.3) is 0 Å². The van der Waals surface area contributed by atoms with E-state index in [0.29, 0.717) is 17.1 Å². The molecule has 0 spiro atoms. The minimum Gasteiger partial charge on any atom is -0.478 e. The number of aromatic carboxylic acids is 1. The van der Waals surface area contributed by atoms with Gasteiger partial charge in [0, 0.05) is 11.8 Å². The molecule has 0 radical (unpaired) electrons. The molecular weight excluding hydrogens is 261 g/mol. The maximum absolute atomic E-state index is 13.2. The van der Waals surface area contributed by atoms with Crippen LogP contribution in [0.3, 0.4) is 0 Å². The summed E-state index contributed by atoms with van der Waals surface area (Å²) in [6.07, 6.45) is 0. The first-order valence-corrected chi connectivity index (χ1v) is 5.96. The quantitative estimate of drug-likeness (QED) is 0.841. The van der Waals surface area contributed by atoms with Crippen LogP contribution in [0, 0.1) is 19.7 Å². The standard InChI is InChI=1S/C15H14FNO3/c1-8-3-4-10(16)6-13(8)20-11-5-9(2)14(17)12(7-11)15(18)19/h3-7H,17H2,1-2H3,(H,18,19). The summed E-state index contributed by atoms with van der Waals surface area (Å²) in [5.74, 6) is -0.906. The highest BCUT2D eigenvalue weighted by Gasteiger charge is 2.13. The average Bonchev–Trinajstić information content (AvgIpc) is 2.37. The molecule has 4 nitrogen and oxygen atoms in total. The van der Waals surface area contributed by atoms with Crippen molar-refractivity contribution in [2.75, 3.05) is 5.73 Å². The van der Waals surface area contributed by atoms with Gasteiger partial charge in [-0.2, -0.15) is 0 Å². The van der Waals surface area contributed by atoms with E-state index in [-0.39, 0.29) is 11.3 Å². The van der Waals surface area contributed by atoms with Gasteiger partial charge in [-0.25, -0.2) is 9.18 Å². The van der Waals surface area contributed by atoms with Gasteiger partial charge in [-0.15, -0.1) is 0 Å². The Labute approximate surface area is 115 Å². The molecule has 0 aliphatic rings. The third-order valence-corrected chi connectivity index (χ3v) is 2.97. The van der Waals surface area contributed by atoms with Gasteiger partial charge in [0.05, 0.1) is 5.56 Å². The van der Waals surface area contributed by atoms with E-state index in [0.717, 1.165) is 5.56 Å². The van der Waals surface area contributed by atoms with E-state index in [2.05, 4.69) is 0 Å². The van der Waals surface area contributed by atoms with Crippen LogP contribution in [0.1, 0.15) is 21.5 Å². The number of carbonyl (C=O) groups is 1. The first-order chi connectivity index (χ1) is 9.38. The monoisotopic (exact) mass is 275 g/mol. The third-order valence-electron chi connectivity index (χ3n) is 2.97. The molecule has 0 unspecified atom stereocenters. The molecule has 2 aromatic rings. The van der Waals surface area contributed by atoms with Gasteiger partial charge in [-0.1, -0.05) is 6.07 Å². The number of hydrogen-bond acceptors (Lipinski definition) is 3. The van der Waals surface area contributed by atoms with Gasteiger partial charge in [0.2, 0.25) is 0 Å². The molecule has 2 rings (SSSR count). The number of nitrogen functional groups attached to an aromatic ring is 1. The second kappa shape index (κ2) is 5.21. The van der Waals surface area contributed by atoms with E-state index in [9.17, 15) is 9.18 Å². The summed E-state index contributed by atoms with van der Waals surface area (Å²) in [4.78, 5) is 11.1. The van der Waals surface area contributed by atoms with Crippen molar-refractivity contribution in [3.63, 3.8) is 0 Å². The average molecular weight is 275 g/mol.